The molecule has 2 aliphatic carbocycles. The average Bonchev–Trinajstić information content (AvgIpc) is 3.49. The predicted octanol–water partition coefficient (Wildman–Crippen LogP) is 9.14. The molecule has 2 fully saturated rings. The number of H-pyrrole nitrogens is 1. The molecule has 1 aromatic carbocycles. The third kappa shape index (κ3) is 14.2. The van der Waals surface area contributed by atoms with E-state index in [-0.39, 0.29) is 0 Å². The Hall–Kier alpha value is -1.31. The van der Waals surface area contributed by atoms with E-state index in [2.05, 4.69) is 77.6 Å². The van der Waals surface area contributed by atoms with Crippen LogP contribution in [0.4, 0.5) is 0 Å². The first-order valence-electron chi connectivity index (χ1n) is 20.3. The summed E-state index contributed by atoms with van der Waals surface area (Å²) in [5, 5.41) is 0. The molecule has 3 aromatic rings. The van der Waals surface area contributed by atoms with Gasteiger partial charge in [0.2, 0.25) is 0 Å². The van der Waals surface area contributed by atoms with Gasteiger partial charge in [-0.05, 0) is 5.92 Å². The van der Waals surface area contributed by atoms with E-state index in [1.54, 1.807) is 0 Å². The second-order valence-electron chi connectivity index (χ2n) is 15.7. The first kappa shape index (κ1) is 37.0. The molecule has 0 saturated heterocycles. The minimum Gasteiger partial charge on any atom is -0.0686 e. The minimum absolute atomic E-state index is 0.761. The van der Waals surface area contributed by atoms with E-state index in [0.717, 1.165) is 46.2 Å². The normalized spacial score (nSPS) is 24.0. The Kier molecular flexibility index (Phi) is 17.1. The first-order chi connectivity index (χ1) is 23.2. The summed E-state index contributed by atoms with van der Waals surface area (Å²) in [6.07, 6.45) is 34.3. The fraction of sp³-hybridized carbons (Fsp3) is 0.744. The molecular formula is C39H61B6N2. The molecule has 0 aliphatic heterocycles. The van der Waals surface area contributed by atoms with Crippen LogP contribution >= 0.6 is 0 Å². The second kappa shape index (κ2) is 21.7. The van der Waals surface area contributed by atoms with Crippen LogP contribution in [-0.4, -0.2) is 52.3 Å². The quantitative estimate of drug-likeness (QED) is 0.262. The molecule has 1 N–H and O–H groups in total. The predicted molar refractivity (Wildman–Crippen MR) is 213 cm³/mol. The number of rotatable bonds is 7. The molecule has 0 bridgehead atoms. The maximum atomic E-state index is 4.72. The zero-order valence-corrected chi connectivity index (χ0v) is 30.1. The van der Waals surface area contributed by atoms with Crippen LogP contribution in [0.15, 0.2) is 30.1 Å². The van der Waals surface area contributed by atoms with Crippen LogP contribution in [-0.2, 0) is 6.32 Å². The Balaban J connectivity index is 1.06. The standard InChI is InChI=1S/C39H61B6N2/c1-31-18-17-23-33(40-29-32-24-26-35(27-25-32)44-39-46-37-38(47-39)45-42-30-41-37)19-13-11-12-16-22-36(28-31)43-34-20-14-9-7-5-3-2-4-6-8-10-15-21-34/h24-27,30-31,33-34,36H,2-23,28-29H2,1H3,(H,46,47). The summed E-state index contributed by atoms with van der Waals surface area (Å²) < 4.78 is 0. The van der Waals surface area contributed by atoms with Gasteiger partial charge >= 0.3 is 128 Å². The van der Waals surface area contributed by atoms with Gasteiger partial charge in [-0.15, -0.1) is 0 Å². The summed E-state index contributed by atoms with van der Waals surface area (Å²) >= 11 is 0. The zero-order chi connectivity index (χ0) is 32.4. The summed E-state index contributed by atoms with van der Waals surface area (Å²) in [5.74, 6) is 5.40. The average molecular weight is 623 g/mol. The van der Waals surface area contributed by atoms with Crippen molar-refractivity contribution in [2.45, 2.75) is 178 Å². The smallest absolute Gasteiger partial charge is 0.0686 e. The van der Waals surface area contributed by atoms with Crippen molar-refractivity contribution in [1.82, 2.24) is 9.97 Å². The van der Waals surface area contributed by atoms with Gasteiger partial charge < -0.3 is 0 Å². The molecule has 2 saturated carbocycles. The third-order valence-electron chi connectivity index (χ3n) is 11.4. The van der Waals surface area contributed by atoms with E-state index in [9.17, 15) is 0 Å². The Labute approximate surface area is 293 Å². The van der Waals surface area contributed by atoms with Crippen LogP contribution in [0.1, 0.15) is 160 Å². The van der Waals surface area contributed by atoms with Gasteiger partial charge in [-0.1, -0.05) is 153 Å². The number of hydrogen-bond acceptors (Lipinski definition) is 1. The van der Waals surface area contributed by atoms with Crippen molar-refractivity contribution in [3.63, 3.8) is 0 Å². The molecule has 2 aromatic heterocycles. The summed E-state index contributed by atoms with van der Waals surface area (Å²) in [6.45, 7) is 8.76. The topological polar surface area (TPSA) is 28.7 Å². The van der Waals surface area contributed by atoms with E-state index < -0.39 is 0 Å². The number of benzene rings is 1. The number of nitrogens with one attached hydrogen (secondary N) is 1. The summed E-state index contributed by atoms with van der Waals surface area (Å²) in [6, 6.07) is 9.13. The molecular weight excluding hydrogens is 561 g/mol. The Morgan fingerprint density at radius 3 is 1.89 bits per heavy atom. The molecule has 3 radical (unpaired) electrons. The van der Waals surface area contributed by atoms with Crippen LogP contribution in [0.3, 0.4) is 0 Å². The monoisotopic (exact) mass is 624 g/mol. The van der Waals surface area contributed by atoms with Gasteiger partial charge in [0.15, 0.2) is 0 Å². The van der Waals surface area contributed by atoms with Crippen molar-refractivity contribution in [3.8, 4) is 0 Å². The van der Waals surface area contributed by atoms with Crippen molar-refractivity contribution in [2.24, 2.45) is 5.92 Å². The van der Waals surface area contributed by atoms with Crippen LogP contribution < -0.4 is 11.2 Å². The number of nitrogens with zero attached hydrogens (tertiary/aromatic N) is 1. The second-order valence-corrected chi connectivity index (χ2v) is 15.7. The molecule has 2 nitrogen and oxygen atoms in total. The molecule has 5 rings (SSSR count). The van der Waals surface area contributed by atoms with E-state index in [1.807, 2.05) is 6.80 Å². The molecule has 0 spiro atoms. The summed E-state index contributed by atoms with van der Waals surface area (Å²) in [5.41, 5.74) is 5.68. The molecule has 47 heavy (non-hydrogen) atoms. The van der Waals surface area contributed by atoms with Crippen molar-refractivity contribution in [3.05, 3.63) is 35.7 Å². The molecule has 2 heterocycles. The first-order valence-corrected chi connectivity index (χ1v) is 20.3. The SMILES string of the molecule is CC1CCCC([B]Cc2ccc([B]c3nc4bbcbc4[nH]3)cc2)CCCCCCC([B]C2CCCCCCCCCCCCC2)C1. The minimum atomic E-state index is 0.761. The van der Waals surface area contributed by atoms with Crippen LogP contribution in [0, 0.1) is 5.92 Å². The van der Waals surface area contributed by atoms with Gasteiger partial charge in [-0.3, -0.25) is 0 Å². The van der Waals surface area contributed by atoms with Gasteiger partial charge in [0.05, 0.1) is 0 Å². The van der Waals surface area contributed by atoms with Gasteiger partial charge in [0, 0.05) is 0 Å². The number of aromatic amines is 1. The molecule has 8 heteroatoms. The Morgan fingerprint density at radius 2 is 1.26 bits per heavy atom. The van der Waals surface area contributed by atoms with Crippen LogP contribution in [0.25, 0.3) is 10.8 Å². The number of hydrogen-bond donors (Lipinski definition) is 1. The van der Waals surface area contributed by atoms with Gasteiger partial charge in [-0.25, -0.2) is 0 Å². The number of imidazole rings is 1. The summed E-state index contributed by atoms with van der Waals surface area (Å²) in [4.78, 5) is 8.14. The van der Waals surface area contributed by atoms with E-state index in [4.69, 9.17) is 4.98 Å². The summed E-state index contributed by atoms with van der Waals surface area (Å²) in [7, 11) is 7.72. The van der Waals surface area contributed by atoms with E-state index in [0.29, 0.717) is 0 Å². The molecule has 2 aliphatic rings. The van der Waals surface area contributed by atoms with E-state index in [1.165, 1.54) is 159 Å². The Bertz CT molecular complexity index is 1200. The van der Waals surface area contributed by atoms with Crippen LogP contribution in [0.5, 0.6) is 0 Å². The zero-order valence-electron chi connectivity index (χ0n) is 30.1. The van der Waals surface area contributed by atoms with Crippen molar-refractivity contribution in [1.29, 1.82) is 0 Å². The van der Waals surface area contributed by atoms with Gasteiger partial charge in [-0.2, -0.15) is 0 Å². The number of fused-ring (bicyclic) bond motifs is 1. The molecule has 0 amide bonds. The number of aromatic nitrogens is 2. The van der Waals surface area contributed by atoms with Crippen molar-refractivity contribution >= 4 is 64.4 Å². The maximum absolute atomic E-state index is 4.72. The van der Waals surface area contributed by atoms with Crippen molar-refractivity contribution in [2.75, 3.05) is 0 Å². The fourth-order valence-corrected chi connectivity index (χ4v) is 8.58. The van der Waals surface area contributed by atoms with Gasteiger partial charge in [0.25, 0.3) is 0 Å². The molecule has 3 atom stereocenters. The van der Waals surface area contributed by atoms with E-state index >= 15 is 0 Å². The Morgan fingerprint density at radius 1 is 0.681 bits per heavy atom. The third-order valence-corrected chi connectivity index (χ3v) is 11.4. The van der Waals surface area contributed by atoms with Crippen LogP contribution in [0.2, 0.25) is 17.5 Å². The molecule has 3 unspecified atom stereocenters. The van der Waals surface area contributed by atoms with Crippen molar-refractivity contribution < 1.29 is 0 Å². The molecule has 245 valence electrons. The fourth-order valence-electron chi connectivity index (χ4n) is 8.58. The van der Waals surface area contributed by atoms with Gasteiger partial charge in [0.1, 0.15) is 7.28 Å².